The largest absolute Gasteiger partial charge is 0.497 e. The first-order valence-electron chi connectivity index (χ1n) is 9.45. The van der Waals surface area contributed by atoms with Gasteiger partial charge in [0.2, 0.25) is 0 Å². The number of rotatable bonds is 9. The summed E-state index contributed by atoms with van der Waals surface area (Å²) in [5.41, 5.74) is 2.96. The molecule has 2 aromatic carbocycles. The Balaban J connectivity index is 1.42. The SMILES string of the molecule is COc1ccc(OCCNC(=O)c2ccc(NCc3ccccc3C)nc2)cc1. The lowest BCUT2D eigenvalue weighted by Crippen LogP contribution is -2.28. The van der Waals surface area contributed by atoms with Crippen molar-refractivity contribution in [1.29, 1.82) is 0 Å². The molecule has 3 rings (SSSR count). The van der Waals surface area contributed by atoms with Gasteiger partial charge in [-0.2, -0.15) is 0 Å². The van der Waals surface area contributed by atoms with Gasteiger partial charge in [0.15, 0.2) is 0 Å². The number of hydrogen-bond donors (Lipinski definition) is 2. The Hall–Kier alpha value is -3.54. The number of carbonyl (C=O) groups is 1. The molecule has 0 unspecified atom stereocenters. The van der Waals surface area contributed by atoms with E-state index in [2.05, 4.69) is 34.7 Å². The van der Waals surface area contributed by atoms with Crippen molar-refractivity contribution in [3.05, 3.63) is 83.6 Å². The predicted octanol–water partition coefficient (Wildman–Crippen LogP) is 3.82. The van der Waals surface area contributed by atoms with Gasteiger partial charge in [0.25, 0.3) is 5.91 Å². The second kappa shape index (κ2) is 10.1. The minimum atomic E-state index is -0.179. The third-order valence-corrected chi connectivity index (χ3v) is 4.46. The van der Waals surface area contributed by atoms with E-state index in [1.54, 1.807) is 25.4 Å². The third kappa shape index (κ3) is 5.97. The Kier molecular flexibility index (Phi) is 7.05. The van der Waals surface area contributed by atoms with E-state index in [0.717, 1.165) is 17.3 Å². The van der Waals surface area contributed by atoms with E-state index in [4.69, 9.17) is 9.47 Å². The monoisotopic (exact) mass is 391 g/mol. The van der Waals surface area contributed by atoms with E-state index in [9.17, 15) is 4.79 Å². The van der Waals surface area contributed by atoms with Crippen LogP contribution in [-0.2, 0) is 6.54 Å². The van der Waals surface area contributed by atoms with Gasteiger partial charge in [-0.05, 0) is 54.4 Å². The zero-order chi connectivity index (χ0) is 20.5. The topological polar surface area (TPSA) is 72.5 Å². The maximum Gasteiger partial charge on any atom is 0.252 e. The van der Waals surface area contributed by atoms with Crippen LogP contribution in [-0.4, -0.2) is 31.2 Å². The van der Waals surface area contributed by atoms with E-state index in [1.807, 2.05) is 36.4 Å². The summed E-state index contributed by atoms with van der Waals surface area (Å²) in [5, 5.41) is 6.10. The predicted molar refractivity (Wildman–Crippen MR) is 114 cm³/mol. The van der Waals surface area contributed by atoms with Crippen LogP contribution in [0.25, 0.3) is 0 Å². The number of methoxy groups -OCH3 is 1. The smallest absolute Gasteiger partial charge is 0.252 e. The number of anilines is 1. The van der Waals surface area contributed by atoms with E-state index in [0.29, 0.717) is 25.3 Å². The molecule has 2 N–H and O–H groups in total. The first kappa shape index (κ1) is 20.2. The molecule has 0 aliphatic rings. The average Bonchev–Trinajstić information content (AvgIpc) is 2.77. The number of pyridine rings is 1. The molecule has 0 bridgehead atoms. The number of aromatic nitrogens is 1. The van der Waals surface area contributed by atoms with Crippen molar-refractivity contribution in [2.24, 2.45) is 0 Å². The Labute approximate surface area is 170 Å². The lowest BCUT2D eigenvalue weighted by atomic mass is 10.1. The molecule has 6 nitrogen and oxygen atoms in total. The number of carbonyl (C=O) groups excluding carboxylic acids is 1. The molecule has 0 fully saturated rings. The van der Waals surface area contributed by atoms with Crippen molar-refractivity contribution in [3.63, 3.8) is 0 Å². The Morgan fingerprint density at radius 3 is 2.45 bits per heavy atom. The van der Waals surface area contributed by atoms with Crippen LogP contribution >= 0.6 is 0 Å². The van der Waals surface area contributed by atoms with Gasteiger partial charge in [0, 0.05) is 12.7 Å². The van der Waals surface area contributed by atoms with Crippen LogP contribution in [0.5, 0.6) is 11.5 Å². The summed E-state index contributed by atoms with van der Waals surface area (Å²) in [5.74, 6) is 2.05. The van der Waals surface area contributed by atoms with Gasteiger partial charge in [0.05, 0.1) is 19.2 Å². The minimum Gasteiger partial charge on any atom is -0.497 e. The molecular weight excluding hydrogens is 366 g/mol. The van der Waals surface area contributed by atoms with Crippen LogP contribution in [0, 0.1) is 6.92 Å². The van der Waals surface area contributed by atoms with Gasteiger partial charge in [-0.1, -0.05) is 24.3 Å². The van der Waals surface area contributed by atoms with Gasteiger partial charge in [-0.15, -0.1) is 0 Å². The van der Waals surface area contributed by atoms with Crippen molar-refractivity contribution >= 4 is 11.7 Å². The van der Waals surface area contributed by atoms with Crippen molar-refractivity contribution in [2.45, 2.75) is 13.5 Å². The van der Waals surface area contributed by atoms with Gasteiger partial charge in [-0.3, -0.25) is 4.79 Å². The highest BCUT2D eigenvalue weighted by molar-refractivity contribution is 5.94. The highest BCUT2D eigenvalue weighted by Crippen LogP contribution is 2.16. The molecule has 0 spiro atoms. The second-order valence-electron chi connectivity index (χ2n) is 6.49. The van der Waals surface area contributed by atoms with E-state index in [1.165, 1.54) is 11.1 Å². The number of amides is 1. The molecule has 29 heavy (non-hydrogen) atoms. The molecule has 0 saturated heterocycles. The molecule has 0 radical (unpaired) electrons. The van der Waals surface area contributed by atoms with Crippen molar-refractivity contribution < 1.29 is 14.3 Å². The Bertz CT molecular complexity index is 925. The normalized spacial score (nSPS) is 10.3. The van der Waals surface area contributed by atoms with Crippen LogP contribution in [0.4, 0.5) is 5.82 Å². The quantitative estimate of drug-likeness (QED) is 0.543. The highest BCUT2D eigenvalue weighted by Gasteiger charge is 2.06. The molecule has 1 aromatic heterocycles. The van der Waals surface area contributed by atoms with Crippen LogP contribution in [0.15, 0.2) is 66.9 Å². The van der Waals surface area contributed by atoms with Gasteiger partial charge >= 0.3 is 0 Å². The third-order valence-electron chi connectivity index (χ3n) is 4.46. The van der Waals surface area contributed by atoms with Crippen molar-refractivity contribution in [2.75, 3.05) is 25.6 Å². The zero-order valence-corrected chi connectivity index (χ0v) is 16.6. The Morgan fingerprint density at radius 2 is 1.76 bits per heavy atom. The maximum atomic E-state index is 12.2. The summed E-state index contributed by atoms with van der Waals surface area (Å²) < 4.78 is 10.7. The Morgan fingerprint density at radius 1 is 1.00 bits per heavy atom. The molecule has 0 aliphatic carbocycles. The molecule has 0 atom stereocenters. The van der Waals surface area contributed by atoms with Crippen molar-refractivity contribution in [1.82, 2.24) is 10.3 Å². The fraction of sp³-hybridized carbons (Fsp3) is 0.217. The molecule has 1 heterocycles. The molecule has 0 aliphatic heterocycles. The molecule has 6 heteroatoms. The lowest BCUT2D eigenvalue weighted by molar-refractivity contribution is 0.0946. The van der Waals surface area contributed by atoms with Crippen LogP contribution < -0.4 is 20.1 Å². The summed E-state index contributed by atoms with van der Waals surface area (Å²) >= 11 is 0. The molecule has 1 amide bonds. The van der Waals surface area contributed by atoms with E-state index >= 15 is 0 Å². The minimum absolute atomic E-state index is 0.179. The summed E-state index contributed by atoms with van der Waals surface area (Å²) in [6.07, 6.45) is 1.57. The maximum absolute atomic E-state index is 12.2. The number of benzene rings is 2. The molecule has 150 valence electrons. The first-order valence-corrected chi connectivity index (χ1v) is 9.45. The second-order valence-corrected chi connectivity index (χ2v) is 6.49. The van der Waals surface area contributed by atoms with Crippen LogP contribution in [0.2, 0.25) is 0 Å². The van der Waals surface area contributed by atoms with Gasteiger partial charge in [0.1, 0.15) is 23.9 Å². The molecule has 0 saturated carbocycles. The number of nitrogens with zero attached hydrogens (tertiary/aromatic N) is 1. The number of aryl methyl sites for hydroxylation is 1. The fourth-order valence-corrected chi connectivity index (χ4v) is 2.73. The summed E-state index contributed by atoms with van der Waals surface area (Å²) in [7, 11) is 1.62. The number of ether oxygens (including phenoxy) is 2. The van der Waals surface area contributed by atoms with Gasteiger partial charge < -0.3 is 20.1 Å². The highest BCUT2D eigenvalue weighted by atomic mass is 16.5. The van der Waals surface area contributed by atoms with Gasteiger partial charge in [-0.25, -0.2) is 4.98 Å². The van der Waals surface area contributed by atoms with Crippen molar-refractivity contribution in [3.8, 4) is 11.5 Å². The zero-order valence-electron chi connectivity index (χ0n) is 16.6. The average molecular weight is 391 g/mol. The van der Waals surface area contributed by atoms with Crippen LogP contribution in [0.3, 0.4) is 0 Å². The lowest BCUT2D eigenvalue weighted by Gasteiger charge is -2.10. The van der Waals surface area contributed by atoms with E-state index < -0.39 is 0 Å². The van der Waals surface area contributed by atoms with Crippen LogP contribution in [0.1, 0.15) is 21.5 Å². The molecular formula is C23H25N3O3. The summed E-state index contributed by atoms with van der Waals surface area (Å²) in [6, 6.07) is 19.1. The standard InChI is InChI=1S/C23H25N3O3/c1-17-5-3-4-6-18(17)15-25-22-12-7-19(16-26-22)23(27)24-13-14-29-21-10-8-20(28-2)9-11-21/h3-12,16H,13-15H2,1-2H3,(H,24,27)(H,25,26). The first-order chi connectivity index (χ1) is 14.2. The molecule has 3 aromatic rings. The fourth-order valence-electron chi connectivity index (χ4n) is 2.73. The summed E-state index contributed by atoms with van der Waals surface area (Å²) in [6.45, 7) is 3.55. The van der Waals surface area contributed by atoms with E-state index in [-0.39, 0.29) is 5.91 Å². The summed E-state index contributed by atoms with van der Waals surface area (Å²) in [4.78, 5) is 16.6. The number of nitrogens with one attached hydrogen (secondary N) is 2. The number of hydrogen-bond acceptors (Lipinski definition) is 5.